The van der Waals surface area contributed by atoms with Gasteiger partial charge in [-0.3, -0.25) is 0 Å². The van der Waals surface area contributed by atoms with Gasteiger partial charge in [-0.25, -0.2) is 4.98 Å². The van der Waals surface area contributed by atoms with Gasteiger partial charge in [0.2, 0.25) is 0 Å². The van der Waals surface area contributed by atoms with Crippen molar-refractivity contribution in [2.45, 2.75) is 32.2 Å². The minimum Gasteiger partial charge on any atom is -0.326 e. The maximum Gasteiger partial charge on any atom is 0.0939 e. The van der Waals surface area contributed by atoms with E-state index in [1.54, 1.807) is 11.3 Å². The van der Waals surface area contributed by atoms with Gasteiger partial charge in [0.1, 0.15) is 0 Å². The van der Waals surface area contributed by atoms with Gasteiger partial charge in [0.15, 0.2) is 0 Å². The van der Waals surface area contributed by atoms with Gasteiger partial charge in [0.25, 0.3) is 0 Å². The van der Waals surface area contributed by atoms with Gasteiger partial charge in [0, 0.05) is 17.0 Å². The van der Waals surface area contributed by atoms with Crippen molar-refractivity contribution in [3.8, 4) is 0 Å². The molecule has 0 radical (unpaired) electrons. The zero-order chi connectivity index (χ0) is 11.8. The van der Waals surface area contributed by atoms with Gasteiger partial charge in [-0.1, -0.05) is 11.6 Å². The van der Waals surface area contributed by atoms with Crippen molar-refractivity contribution in [2.75, 3.05) is 0 Å². The van der Waals surface area contributed by atoms with Crippen molar-refractivity contribution in [2.24, 2.45) is 5.73 Å². The molecule has 0 bridgehead atoms. The topological polar surface area (TPSA) is 38.9 Å². The Kier molecular flexibility index (Phi) is 3.19. The van der Waals surface area contributed by atoms with Crippen molar-refractivity contribution in [1.29, 1.82) is 0 Å². The smallest absolute Gasteiger partial charge is 0.0939 e. The quantitative estimate of drug-likeness (QED) is 0.909. The number of thiazole rings is 1. The molecule has 16 heavy (non-hydrogen) atoms. The Morgan fingerprint density at radius 1 is 1.44 bits per heavy atom. The highest BCUT2D eigenvalue weighted by atomic mass is 35.5. The molecule has 0 aliphatic heterocycles. The van der Waals surface area contributed by atoms with Crippen LogP contribution < -0.4 is 5.73 Å². The van der Waals surface area contributed by atoms with E-state index in [1.165, 1.54) is 4.70 Å². The summed E-state index contributed by atoms with van der Waals surface area (Å²) in [4.78, 5) is 4.56. The second kappa shape index (κ2) is 4.32. The average Bonchev–Trinajstić information content (AvgIpc) is 2.55. The lowest BCUT2D eigenvalue weighted by Gasteiger charge is -2.16. The van der Waals surface area contributed by atoms with E-state index in [9.17, 15) is 0 Å². The highest BCUT2D eigenvalue weighted by molar-refractivity contribution is 7.18. The predicted octanol–water partition coefficient (Wildman–Crippen LogP) is 3.62. The van der Waals surface area contributed by atoms with Crippen LogP contribution in [0.25, 0.3) is 10.2 Å². The monoisotopic (exact) mass is 254 g/mol. The molecule has 2 aromatic rings. The lowest BCUT2D eigenvalue weighted by atomic mass is 10.0. The zero-order valence-electron chi connectivity index (χ0n) is 9.46. The van der Waals surface area contributed by atoms with Crippen LogP contribution in [-0.2, 0) is 6.42 Å². The third-order valence-electron chi connectivity index (χ3n) is 2.38. The minimum absolute atomic E-state index is 0.129. The molecule has 2 rings (SSSR count). The molecule has 86 valence electrons. The second-order valence-electron chi connectivity index (χ2n) is 4.71. The Hall–Kier alpha value is -0.640. The number of rotatable bonds is 3. The summed E-state index contributed by atoms with van der Waals surface area (Å²) < 4.78 is 1.19. The fraction of sp³-hybridized carbons (Fsp3) is 0.417. The summed E-state index contributed by atoms with van der Waals surface area (Å²) in [5.74, 6) is 0. The number of aromatic nitrogens is 1. The van der Waals surface area contributed by atoms with Gasteiger partial charge in [-0.2, -0.15) is 0 Å². The predicted molar refractivity (Wildman–Crippen MR) is 71.2 cm³/mol. The summed E-state index contributed by atoms with van der Waals surface area (Å²) in [6.07, 6.45) is 1.88. The van der Waals surface area contributed by atoms with Crippen molar-refractivity contribution in [1.82, 2.24) is 4.98 Å². The van der Waals surface area contributed by atoms with E-state index >= 15 is 0 Å². The Balaban J connectivity index is 2.20. The Morgan fingerprint density at radius 3 is 2.88 bits per heavy atom. The fourth-order valence-corrected chi connectivity index (χ4v) is 2.60. The molecular weight excluding hydrogens is 240 g/mol. The van der Waals surface area contributed by atoms with Gasteiger partial charge in [-0.15, -0.1) is 11.3 Å². The van der Waals surface area contributed by atoms with Crippen molar-refractivity contribution >= 4 is 33.2 Å². The molecule has 2 N–H and O–H groups in total. The van der Waals surface area contributed by atoms with Crippen molar-refractivity contribution < 1.29 is 0 Å². The second-order valence-corrected chi connectivity index (χ2v) is 6.26. The highest BCUT2D eigenvalue weighted by Crippen LogP contribution is 2.26. The summed E-state index contributed by atoms with van der Waals surface area (Å²) in [5, 5.41) is 1.87. The molecule has 0 amide bonds. The number of fused-ring (bicyclic) bond motifs is 1. The maximum atomic E-state index is 5.96. The molecule has 0 fully saturated rings. The number of hydrogen-bond acceptors (Lipinski definition) is 3. The van der Waals surface area contributed by atoms with Crippen LogP contribution in [0.2, 0.25) is 5.02 Å². The highest BCUT2D eigenvalue weighted by Gasteiger charge is 2.12. The lowest BCUT2D eigenvalue weighted by molar-refractivity contribution is 0.476. The fourth-order valence-electron chi connectivity index (χ4n) is 1.48. The first-order chi connectivity index (χ1) is 7.44. The van der Waals surface area contributed by atoms with Crippen LogP contribution in [0, 0.1) is 0 Å². The number of aryl methyl sites for hydroxylation is 1. The van der Waals surface area contributed by atoms with Crippen molar-refractivity contribution in [3.63, 3.8) is 0 Å². The number of halogens is 1. The average molecular weight is 255 g/mol. The van der Waals surface area contributed by atoms with E-state index in [4.69, 9.17) is 17.3 Å². The number of hydrogen-bond donors (Lipinski definition) is 1. The maximum absolute atomic E-state index is 5.96. The molecule has 1 heterocycles. The Morgan fingerprint density at radius 2 is 2.19 bits per heavy atom. The van der Waals surface area contributed by atoms with E-state index in [2.05, 4.69) is 4.98 Å². The van der Waals surface area contributed by atoms with Crippen LogP contribution in [0.4, 0.5) is 0 Å². The molecule has 0 aliphatic carbocycles. The van der Waals surface area contributed by atoms with Crippen LogP contribution in [0.5, 0.6) is 0 Å². The zero-order valence-corrected chi connectivity index (χ0v) is 11.0. The first kappa shape index (κ1) is 11.8. The lowest BCUT2D eigenvalue weighted by Crippen LogP contribution is -2.32. The van der Waals surface area contributed by atoms with E-state index < -0.39 is 0 Å². The van der Waals surface area contributed by atoms with E-state index in [0.717, 1.165) is 28.4 Å². The van der Waals surface area contributed by atoms with Crippen LogP contribution in [0.3, 0.4) is 0 Å². The SMILES string of the molecule is CC(C)(N)CCc1nc2cc(Cl)ccc2s1. The molecule has 0 saturated carbocycles. The van der Waals surface area contributed by atoms with Crippen molar-refractivity contribution in [3.05, 3.63) is 28.2 Å². The molecule has 0 spiro atoms. The molecule has 0 saturated heterocycles. The van der Waals surface area contributed by atoms with E-state index in [1.807, 2.05) is 32.0 Å². The molecular formula is C12H15ClN2S. The standard InChI is InChI=1S/C12H15ClN2S/c1-12(2,14)6-5-11-15-9-7-8(13)3-4-10(9)16-11/h3-4,7H,5-6,14H2,1-2H3. The van der Waals surface area contributed by atoms with Crippen LogP contribution >= 0.6 is 22.9 Å². The molecule has 2 nitrogen and oxygen atoms in total. The van der Waals surface area contributed by atoms with Crippen LogP contribution in [-0.4, -0.2) is 10.5 Å². The molecule has 0 atom stereocenters. The summed E-state index contributed by atoms with van der Waals surface area (Å²) >= 11 is 7.64. The summed E-state index contributed by atoms with van der Waals surface area (Å²) in [6, 6.07) is 5.83. The molecule has 0 unspecified atom stereocenters. The summed E-state index contributed by atoms with van der Waals surface area (Å²) in [5.41, 5.74) is 6.82. The largest absolute Gasteiger partial charge is 0.326 e. The number of benzene rings is 1. The Labute approximate surface area is 104 Å². The van der Waals surface area contributed by atoms with E-state index in [0.29, 0.717) is 0 Å². The van der Waals surface area contributed by atoms with Crippen LogP contribution in [0.15, 0.2) is 18.2 Å². The number of nitrogens with zero attached hydrogens (tertiary/aromatic N) is 1. The number of nitrogens with two attached hydrogens (primary N) is 1. The van der Waals surface area contributed by atoms with Gasteiger partial charge >= 0.3 is 0 Å². The van der Waals surface area contributed by atoms with Gasteiger partial charge in [0.05, 0.1) is 15.2 Å². The molecule has 0 aliphatic rings. The third kappa shape index (κ3) is 2.94. The molecule has 4 heteroatoms. The first-order valence-corrected chi connectivity index (χ1v) is 6.47. The Bertz CT molecular complexity index is 499. The normalized spacial score (nSPS) is 12.2. The molecule has 1 aromatic carbocycles. The van der Waals surface area contributed by atoms with Gasteiger partial charge in [-0.05, 0) is 38.5 Å². The summed E-state index contributed by atoms with van der Waals surface area (Å²) in [6.45, 7) is 4.08. The first-order valence-electron chi connectivity index (χ1n) is 5.28. The summed E-state index contributed by atoms with van der Waals surface area (Å²) in [7, 11) is 0. The van der Waals surface area contributed by atoms with Crippen LogP contribution in [0.1, 0.15) is 25.3 Å². The minimum atomic E-state index is -0.129. The van der Waals surface area contributed by atoms with E-state index in [-0.39, 0.29) is 5.54 Å². The molecule has 1 aromatic heterocycles. The third-order valence-corrected chi connectivity index (χ3v) is 3.71. The van der Waals surface area contributed by atoms with Gasteiger partial charge < -0.3 is 5.73 Å².